The third kappa shape index (κ3) is 3.32. The molecule has 0 aromatic carbocycles. The predicted molar refractivity (Wildman–Crippen MR) is 72.9 cm³/mol. The number of carbonyl (C=O) groups excluding carboxylic acids is 1. The van der Waals surface area contributed by atoms with Crippen molar-refractivity contribution in [3.05, 3.63) is 35.8 Å². The van der Waals surface area contributed by atoms with E-state index in [0.29, 0.717) is 6.42 Å². The largest absolute Gasteiger partial charge is 0.469 e. The van der Waals surface area contributed by atoms with Crippen molar-refractivity contribution in [2.24, 2.45) is 0 Å². The zero-order valence-electron chi connectivity index (χ0n) is 11.3. The third-order valence-electron chi connectivity index (χ3n) is 3.08. The Kier molecular flexibility index (Phi) is 4.52. The van der Waals surface area contributed by atoms with Crippen LogP contribution in [0.2, 0.25) is 0 Å². The molecule has 19 heavy (non-hydrogen) atoms. The van der Waals surface area contributed by atoms with E-state index in [0.717, 1.165) is 36.5 Å². The Bertz CT molecular complexity index is 563. The number of nitrogens with one attached hydrogen (secondary N) is 1. The van der Waals surface area contributed by atoms with Gasteiger partial charge < -0.3 is 14.5 Å². The summed E-state index contributed by atoms with van der Waals surface area (Å²) in [4.78, 5) is 15.5. The number of imidazole rings is 1. The average molecular weight is 261 g/mol. The number of carbonyl (C=O) groups is 1. The van der Waals surface area contributed by atoms with Gasteiger partial charge in [-0.1, -0.05) is 6.07 Å². The van der Waals surface area contributed by atoms with E-state index in [1.165, 1.54) is 7.11 Å². The second-order valence-electron chi connectivity index (χ2n) is 4.43. The standard InChI is InChI=1S/C14H19N3O2/c1-11-12(10-15-8-5-7-14(18)19-2)17-9-4-3-6-13(17)16-11/h3-4,6,9,15H,5,7-8,10H2,1-2H3. The molecule has 2 rings (SSSR count). The highest BCUT2D eigenvalue weighted by molar-refractivity contribution is 5.69. The number of fused-ring (bicyclic) bond motifs is 1. The zero-order chi connectivity index (χ0) is 13.7. The summed E-state index contributed by atoms with van der Waals surface area (Å²) in [7, 11) is 1.41. The molecule has 0 aliphatic carbocycles. The second kappa shape index (κ2) is 6.33. The van der Waals surface area contributed by atoms with E-state index in [4.69, 9.17) is 0 Å². The maximum Gasteiger partial charge on any atom is 0.305 e. The number of ether oxygens (including phenoxy) is 1. The van der Waals surface area contributed by atoms with Crippen molar-refractivity contribution < 1.29 is 9.53 Å². The van der Waals surface area contributed by atoms with E-state index < -0.39 is 0 Å². The number of esters is 1. The number of aryl methyl sites for hydroxylation is 1. The SMILES string of the molecule is COC(=O)CCCNCc1c(C)nc2ccccn12. The lowest BCUT2D eigenvalue weighted by molar-refractivity contribution is -0.140. The molecule has 0 spiro atoms. The fourth-order valence-corrected chi connectivity index (χ4v) is 2.04. The number of pyridine rings is 1. The summed E-state index contributed by atoms with van der Waals surface area (Å²) < 4.78 is 6.68. The molecule has 102 valence electrons. The Balaban J connectivity index is 1.88. The molecule has 0 radical (unpaired) electrons. The summed E-state index contributed by atoms with van der Waals surface area (Å²) in [5, 5.41) is 3.33. The Hall–Kier alpha value is -1.88. The molecule has 0 bridgehead atoms. The molecule has 5 heteroatoms. The second-order valence-corrected chi connectivity index (χ2v) is 4.43. The highest BCUT2D eigenvalue weighted by Crippen LogP contribution is 2.11. The van der Waals surface area contributed by atoms with Crippen molar-refractivity contribution in [3.63, 3.8) is 0 Å². The van der Waals surface area contributed by atoms with Gasteiger partial charge in [-0.05, 0) is 32.0 Å². The molecule has 0 saturated heterocycles. The molecular formula is C14H19N3O2. The molecule has 0 aliphatic heterocycles. The van der Waals surface area contributed by atoms with Gasteiger partial charge in [0.05, 0.1) is 18.5 Å². The van der Waals surface area contributed by atoms with Crippen LogP contribution in [0, 0.1) is 6.92 Å². The number of nitrogens with zero attached hydrogens (tertiary/aromatic N) is 2. The number of methoxy groups -OCH3 is 1. The lowest BCUT2D eigenvalue weighted by Gasteiger charge is -2.05. The molecule has 2 aromatic rings. The van der Waals surface area contributed by atoms with Crippen molar-refractivity contribution in [1.82, 2.24) is 14.7 Å². The minimum atomic E-state index is -0.159. The van der Waals surface area contributed by atoms with E-state index in [-0.39, 0.29) is 5.97 Å². The van der Waals surface area contributed by atoms with Gasteiger partial charge in [0.25, 0.3) is 0 Å². The van der Waals surface area contributed by atoms with Gasteiger partial charge in [0.2, 0.25) is 0 Å². The van der Waals surface area contributed by atoms with Gasteiger partial charge in [0.1, 0.15) is 5.65 Å². The van der Waals surface area contributed by atoms with Gasteiger partial charge in [-0.3, -0.25) is 4.79 Å². The number of rotatable bonds is 6. The van der Waals surface area contributed by atoms with E-state index in [9.17, 15) is 4.79 Å². The molecule has 0 atom stereocenters. The smallest absolute Gasteiger partial charge is 0.305 e. The molecule has 1 N–H and O–H groups in total. The van der Waals surface area contributed by atoms with Crippen molar-refractivity contribution >= 4 is 11.6 Å². The Labute approximate surface area is 112 Å². The summed E-state index contributed by atoms with van der Waals surface area (Å²) in [5.74, 6) is -0.159. The van der Waals surface area contributed by atoms with E-state index >= 15 is 0 Å². The maximum atomic E-state index is 11.0. The monoisotopic (exact) mass is 261 g/mol. The fourth-order valence-electron chi connectivity index (χ4n) is 2.04. The molecule has 0 unspecified atom stereocenters. The van der Waals surface area contributed by atoms with Crippen LogP contribution in [-0.2, 0) is 16.1 Å². The summed E-state index contributed by atoms with van der Waals surface area (Å²) in [5.41, 5.74) is 3.16. The zero-order valence-corrected chi connectivity index (χ0v) is 11.3. The average Bonchev–Trinajstić information content (AvgIpc) is 2.74. The lowest BCUT2D eigenvalue weighted by Crippen LogP contribution is -2.17. The fraction of sp³-hybridized carbons (Fsp3) is 0.429. The van der Waals surface area contributed by atoms with Gasteiger partial charge in [-0.15, -0.1) is 0 Å². The van der Waals surface area contributed by atoms with Crippen LogP contribution in [-0.4, -0.2) is 29.0 Å². The third-order valence-corrected chi connectivity index (χ3v) is 3.08. The van der Waals surface area contributed by atoms with Gasteiger partial charge >= 0.3 is 5.97 Å². The molecule has 0 fully saturated rings. The van der Waals surface area contributed by atoms with Crippen molar-refractivity contribution in [2.75, 3.05) is 13.7 Å². The molecule has 5 nitrogen and oxygen atoms in total. The first kappa shape index (κ1) is 13.5. The quantitative estimate of drug-likeness (QED) is 0.635. The molecule has 2 aromatic heterocycles. The Morgan fingerprint density at radius 3 is 3.11 bits per heavy atom. The first-order valence-electron chi connectivity index (χ1n) is 6.42. The van der Waals surface area contributed by atoms with Crippen LogP contribution in [0.15, 0.2) is 24.4 Å². The van der Waals surface area contributed by atoms with Crippen LogP contribution in [0.3, 0.4) is 0 Å². The minimum absolute atomic E-state index is 0.159. The van der Waals surface area contributed by atoms with E-state index in [1.807, 2.05) is 31.3 Å². The molecule has 0 aliphatic rings. The van der Waals surface area contributed by atoms with Crippen LogP contribution in [0.4, 0.5) is 0 Å². The first-order chi connectivity index (χ1) is 9.22. The van der Waals surface area contributed by atoms with Crippen LogP contribution < -0.4 is 5.32 Å². The van der Waals surface area contributed by atoms with Crippen molar-refractivity contribution in [3.8, 4) is 0 Å². The van der Waals surface area contributed by atoms with Crippen LogP contribution in [0.5, 0.6) is 0 Å². The molecular weight excluding hydrogens is 242 g/mol. The molecule has 0 saturated carbocycles. The normalized spacial score (nSPS) is 10.8. The summed E-state index contributed by atoms with van der Waals surface area (Å²) in [6, 6.07) is 5.97. The first-order valence-corrected chi connectivity index (χ1v) is 6.42. The van der Waals surface area contributed by atoms with Gasteiger partial charge in [-0.25, -0.2) is 4.98 Å². The highest BCUT2D eigenvalue weighted by atomic mass is 16.5. The maximum absolute atomic E-state index is 11.0. The minimum Gasteiger partial charge on any atom is -0.469 e. The lowest BCUT2D eigenvalue weighted by atomic mass is 10.3. The Morgan fingerprint density at radius 2 is 2.32 bits per heavy atom. The van der Waals surface area contributed by atoms with E-state index in [1.54, 1.807) is 0 Å². The van der Waals surface area contributed by atoms with E-state index in [2.05, 4.69) is 19.4 Å². The summed E-state index contributed by atoms with van der Waals surface area (Å²) in [6.07, 6.45) is 3.25. The topological polar surface area (TPSA) is 55.6 Å². The highest BCUT2D eigenvalue weighted by Gasteiger charge is 2.07. The van der Waals surface area contributed by atoms with Crippen LogP contribution >= 0.6 is 0 Å². The van der Waals surface area contributed by atoms with Crippen molar-refractivity contribution in [1.29, 1.82) is 0 Å². The summed E-state index contributed by atoms with van der Waals surface area (Å²) >= 11 is 0. The molecule has 2 heterocycles. The van der Waals surface area contributed by atoms with Gasteiger partial charge in [0, 0.05) is 19.2 Å². The van der Waals surface area contributed by atoms with Crippen molar-refractivity contribution in [2.45, 2.75) is 26.3 Å². The van der Waals surface area contributed by atoms with Gasteiger partial charge in [-0.2, -0.15) is 0 Å². The number of aromatic nitrogens is 2. The molecule has 0 amide bonds. The van der Waals surface area contributed by atoms with Crippen LogP contribution in [0.25, 0.3) is 5.65 Å². The number of hydrogen-bond acceptors (Lipinski definition) is 4. The summed E-state index contributed by atoms with van der Waals surface area (Å²) in [6.45, 7) is 3.55. The predicted octanol–water partition coefficient (Wildman–Crippen LogP) is 1.69. The van der Waals surface area contributed by atoms with Crippen LogP contribution in [0.1, 0.15) is 24.2 Å². The van der Waals surface area contributed by atoms with Gasteiger partial charge in [0.15, 0.2) is 0 Å². The Morgan fingerprint density at radius 1 is 1.47 bits per heavy atom. The number of hydrogen-bond donors (Lipinski definition) is 1.